The molecule has 0 saturated carbocycles. The van der Waals surface area contributed by atoms with Gasteiger partial charge in [0.25, 0.3) is 0 Å². The molecule has 1 N–H and O–H groups in total. The molecule has 1 heterocycles. The third kappa shape index (κ3) is 1.87. The Bertz CT molecular complexity index is 668. The van der Waals surface area contributed by atoms with Crippen LogP contribution < -0.4 is 5.32 Å². The van der Waals surface area contributed by atoms with E-state index >= 15 is 0 Å². The van der Waals surface area contributed by atoms with E-state index in [1.807, 2.05) is 13.1 Å². The Morgan fingerprint density at radius 2 is 1.94 bits per heavy atom. The molecule has 2 nitrogen and oxygen atoms in total. The van der Waals surface area contributed by atoms with Crippen molar-refractivity contribution in [3.8, 4) is 10.6 Å². The fourth-order valence-corrected chi connectivity index (χ4v) is 3.03. The maximum Gasteiger partial charge on any atom is 0.124 e. The lowest BCUT2D eigenvalue weighted by Gasteiger charge is -2.05. The number of hydrogen-bond donors (Lipinski definition) is 1. The first-order chi connectivity index (χ1) is 8.78. The van der Waals surface area contributed by atoms with Crippen molar-refractivity contribution in [2.45, 2.75) is 6.92 Å². The van der Waals surface area contributed by atoms with Crippen molar-refractivity contribution in [3.05, 3.63) is 48.0 Å². The van der Waals surface area contributed by atoms with Gasteiger partial charge >= 0.3 is 0 Å². The molecule has 0 aliphatic heterocycles. The summed E-state index contributed by atoms with van der Waals surface area (Å²) in [6.07, 6.45) is 0. The maximum absolute atomic E-state index is 4.68. The topological polar surface area (TPSA) is 24.9 Å². The van der Waals surface area contributed by atoms with Crippen molar-refractivity contribution in [1.29, 1.82) is 0 Å². The number of benzene rings is 2. The zero-order valence-corrected chi connectivity index (χ0v) is 11.2. The molecule has 90 valence electrons. The molecule has 0 fully saturated rings. The van der Waals surface area contributed by atoms with Gasteiger partial charge in [-0.25, -0.2) is 4.98 Å². The van der Waals surface area contributed by atoms with Crippen LogP contribution >= 0.6 is 11.3 Å². The molecule has 0 radical (unpaired) electrons. The molecule has 0 aliphatic carbocycles. The van der Waals surface area contributed by atoms with Gasteiger partial charge in [-0.05, 0) is 42.8 Å². The lowest BCUT2D eigenvalue weighted by atomic mass is 10.1. The number of thiazole rings is 1. The van der Waals surface area contributed by atoms with Crippen molar-refractivity contribution < 1.29 is 0 Å². The summed E-state index contributed by atoms with van der Waals surface area (Å²) in [6, 6.07) is 14.7. The van der Waals surface area contributed by atoms with Crippen LogP contribution in [-0.4, -0.2) is 12.0 Å². The molecule has 3 heteroatoms. The van der Waals surface area contributed by atoms with Crippen LogP contribution in [0.15, 0.2) is 42.5 Å². The summed E-state index contributed by atoms with van der Waals surface area (Å²) in [4.78, 5) is 4.68. The van der Waals surface area contributed by atoms with Gasteiger partial charge in [0.05, 0.1) is 10.2 Å². The third-order valence-electron chi connectivity index (χ3n) is 3.04. The van der Waals surface area contributed by atoms with Crippen molar-refractivity contribution in [1.82, 2.24) is 4.98 Å². The van der Waals surface area contributed by atoms with Crippen LogP contribution in [0.2, 0.25) is 0 Å². The minimum Gasteiger partial charge on any atom is -0.388 e. The number of para-hydroxylation sites is 1. The van der Waals surface area contributed by atoms with E-state index in [1.54, 1.807) is 11.3 Å². The Kier molecular flexibility index (Phi) is 2.76. The Morgan fingerprint density at radius 1 is 1.11 bits per heavy atom. The van der Waals surface area contributed by atoms with E-state index in [0.717, 1.165) is 10.5 Å². The zero-order chi connectivity index (χ0) is 12.5. The van der Waals surface area contributed by atoms with Gasteiger partial charge in [-0.2, -0.15) is 0 Å². The summed E-state index contributed by atoms with van der Waals surface area (Å²) < 4.78 is 1.24. The number of hydrogen-bond acceptors (Lipinski definition) is 3. The second-order valence-electron chi connectivity index (χ2n) is 4.27. The van der Waals surface area contributed by atoms with Gasteiger partial charge in [-0.1, -0.05) is 12.1 Å². The highest BCUT2D eigenvalue weighted by atomic mass is 32.1. The predicted octanol–water partition coefficient (Wildman–Crippen LogP) is 4.31. The largest absolute Gasteiger partial charge is 0.388 e. The van der Waals surface area contributed by atoms with Crippen LogP contribution in [-0.2, 0) is 0 Å². The molecular weight excluding hydrogens is 239 g/mol. The van der Waals surface area contributed by atoms with Crippen LogP contribution in [0.25, 0.3) is 20.8 Å². The molecule has 0 atom stereocenters. The smallest absolute Gasteiger partial charge is 0.124 e. The Morgan fingerprint density at radius 3 is 2.67 bits per heavy atom. The Hall–Kier alpha value is -1.87. The molecule has 0 amide bonds. The fraction of sp³-hybridized carbons (Fsp3) is 0.133. The minimum atomic E-state index is 1.08. The van der Waals surface area contributed by atoms with Crippen molar-refractivity contribution >= 4 is 27.2 Å². The van der Waals surface area contributed by atoms with E-state index in [0.29, 0.717) is 0 Å². The average Bonchev–Trinajstić information content (AvgIpc) is 2.82. The quantitative estimate of drug-likeness (QED) is 0.736. The van der Waals surface area contributed by atoms with Crippen LogP contribution in [0.3, 0.4) is 0 Å². The maximum atomic E-state index is 4.68. The molecule has 18 heavy (non-hydrogen) atoms. The lowest BCUT2D eigenvalue weighted by molar-refractivity contribution is 1.39. The molecule has 3 rings (SSSR count). The second kappa shape index (κ2) is 4.42. The van der Waals surface area contributed by atoms with Crippen LogP contribution in [0.1, 0.15) is 5.56 Å². The summed E-state index contributed by atoms with van der Waals surface area (Å²) in [5.74, 6) is 0. The first-order valence-corrected chi connectivity index (χ1v) is 6.74. The van der Waals surface area contributed by atoms with Gasteiger partial charge < -0.3 is 5.32 Å². The number of nitrogens with zero attached hydrogens (tertiary/aromatic N) is 1. The van der Waals surface area contributed by atoms with Crippen molar-refractivity contribution in [2.75, 3.05) is 12.4 Å². The molecule has 0 spiro atoms. The number of aryl methyl sites for hydroxylation is 1. The van der Waals surface area contributed by atoms with Gasteiger partial charge in [0.15, 0.2) is 0 Å². The first kappa shape index (κ1) is 11.2. The first-order valence-electron chi connectivity index (χ1n) is 5.92. The summed E-state index contributed by atoms with van der Waals surface area (Å²) >= 11 is 1.74. The zero-order valence-electron chi connectivity index (χ0n) is 10.4. The number of rotatable bonds is 2. The molecule has 0 bridgehead atoms. The molecule has 2 aromatic carbocycles. The predicted molar refractivity (Wildman–Crippen MR) is 79.3 cm³/mol. The molecular formula is C15H14N2S. The third-order valence-corrected chi connectivity index (χ3v) is 4.12. The summed E-state index contributed by atoms with van der Waals surface area (Å²) in [7, 11) is 1.94. The van der Waals surface area contributed by atoms with Gasteiger partial charge in [-0.3, -0.25) is 0 Å². The minimum absolute atomic E-state index is 1.08. The highest BCUT2D eigenvalue weighted by molar-refractivity contribution is 7.21. The van der Waals surface area contributed by atoms with E-state index in [2.05, 4.69) is 53.6 Å². The lowest BCUT2D eigenvalue weighted by Crippen LogP contribution is -1.91. The monoisotopic (exact) mass is 253 g/mol. The normalized spacial score (nSPS) is 10.8. The molecule has 3 aromatic rings. The number of aromatic nitrogens is 1. The summed E-state index contributed by atoms with van der Waals surface area (Å²) in [5, 5.41) is 4.27. The van der Waals surface area contributed by atoms with E-state index in [4.69, 9.17) is 0 Å². The Labute approximate surface area is 110 Å². The highest BCUT2D eigenvalue weighted by Gasteiger charge is 2.06. The molecule has 0 aliphatic rings. The number of anilines is 1. The van der Waals surface area contributed by atoms with Crippen molar-refractivity contribution in [3.63, 3.8) is 0 Å². The van der Waals surface area contributed by atoms with Crippen LogP contribution in [0.4, 0.5) is 5.69 Å². The van der Waals surface area contributed by atoms with Crippen LogP contribution in [0.5, 0.6) is 0 Å². The average molecular weight is 253 g/mol. The van der Waals surface area contributed by atoms with E-state index in [1.165, 1.54) is 21.5 Å². The molecule has 0 saturated heterocycles. The number of nitrogens with one attached hydrogen (secondary N) is 1. The van der Waals surface area contributed by atoms with E-state index in [9.17, 15) is 0 Å². The standard InChI is InChI=1S/C15H14N2S/c1-10-9-11(7-8-12(10)16-2)15-17-13-5-3-4-6-14(13)18-15/h3-9,16H,1-2H3/i2-1. The van der Waals surface area contributed by atoms with E-state index in [-0.39, 0.29) is 0 Å². The second-order valence-corrected chi connectivity index (χ2v) is 5.30. The fourth-order valence-electron chi connectivity index (χ4n) is 2.07. The van der Waals surface area contributed by atoms with Gasteiger partial charge in [0, 0.05) is 18.3 Å². The van der Waals surface area contributed by atoms with Crippen LogP contribution in [0, 0.1) is 6.92 Å². The SMILES string of the molecule is Cc1cc(-c2nc3ccccc3s2)ccc1N[11CH3]. The van der Waals surface area contributed by atoms with Gasteiger partial charge in [-0.15, -0.1) is 11.3 Å². The summed E-state index contributed by atoms with van der Waals surface area (Å²) in [5.41, 5.74) is 4.68. The van der Waals surface area contributed by atoms with Gasteiger partial charge in [0.1, 0.15) is 5.01 Å². The van der Waals surface area contributed by atoms with E-state index < -0.39 is 0 Å². The molecule has 1 aromatic heterocycles. The van der Waals surface area contributed by atoms with Crippen molar-refractivity contribution in [2.24, 2.45) is 0 Å². The van der Waals surface area contributed by atoms with Gasteiger partial charge in [0.2, 0.25) is 0 Å². The molecule has 0 unspecified atom stereocenters. The number of fused-ring (bicyclic) bond motifs is 1. The Balaban J connectivity index is 2.11. The highest BCUT2D eigenvalue weighted by Crippen LogP contribution is 2.31. The summed E-state index contributed by atoms with van der Waals surface area (Å²) in [6.45, 7) is 2.11.